The zero-order valence-corrected chi connectivity index (χ0v) is 7.08. The lowest BCUT2D eigenvalue weighted by atomic mass is 10.2. The van der Waals surface area contributed by atoms with Crippen LogP contribution in [0.25, 0.3) is 0 Å². The van der Waals surface area contributed by atoms with Gasteiger partial charge in [-0.2, -0.15) is 5.26 Å². The predicted octanol–water partition coefficient (Wildman–Crippen LogP) is 1.66. The molecule has 0 radical (unpaired) electrons. The van der Waals surface area contributed by atoms with Crippen molar-refractivity contribution in [3.8, 4) is 11.8 Å². The summed E-state index contributed by atoms with van der Waals surface area (Å²) in [5.41, 5.74) is -0.633. The van der Waals surface area contributed by atoms with Crippen molar-refractivity contribution >= 4 is 6.29 Å². The lowest BCUT2D eigenvalue weighted by molar-refractivity contribution is -0.274. The van der Waals surface area contributed by atoms with Gasteiger partial charge in [-0.1, -0.05) is 0 Å². The van der Waals surface area contributed by atoms with Gasteiger partial charge in [0.25, 0.3) is 0 Å². The van der Waals surface area contributed by atoms with Gasteiger partial charge in [-0.25, -0.2) is 0 Å². The Labute approximate surface area is 81.9 Å². The largest absolute Gasteiger partial charge is 0.573 e. The molecule has 1 aromatic heterocycles. The highest BCUT2D eigenvalue weighted by molar-refractivity contribution is 5.73. The lowest BCUT2D eigenvalue weighted by Gasteiger charge is -2.09. The Balaban J connectivity index is 3.14. The summed E-state index contributed by atoms with van der Waals surface area (Å²) in [7, 11) is 0. The molecule has 0 N–H and O–H groups in total. The second-order valence-corrected chi connectivity index (χ2v) is 2.38. The van der Waals surface area contributed by atoms with Gasteiger partial charge in [-0.15, -0.1) is 13.2 Å². The minimum Gasteiger partial charge on any atom is -0.404 e. The quantitative estimate of drug-likeness (QED) is 0.705. The average molecular weight is 216 g/mol. The molecule has 0 unspecified atom stereocenters. The third kappa shape index (κ3) is 2.95. The summed E-state index contributed by atoms with van der Waals surface area (Å²) in [5, 5.41) is 8.45. The molecule has 0 atom stereocenters. The molecule has 0 bridgehead atoms. The molecule has 1 aromatic rings. The number of halogens is 3. The molecule has 0 aliphatic rings. The van der Waals surface area contributed by atoms with E-state index in [2.05, 4.69) is 9.72 Å². The summed E-state index contributed by atoms with van der Waals surface area (Å²) < 4.78 is 39.1. The molecule has 0 aliphatic carbocycles. The molecular formula is C8H3F3N2O2. The highest BCUT2D eigenvalue weighted by Gasteiger charge is 2.32. The number of alkyl halides is 3. The van der Waals surface area contributed by atoms with Crippen LogP contribution in [-0.4, -0.2) is 17.6 Å². The maximum absolute atomic E-state index is 11.9. The van der Waals surface area contributed by atoms with Gasteiger partial charge in [-0.05, 0) is 0 Å². The van der Waals surface area contributed by atoms with E-state index in [1.165, 1.54) is 6.07 Å². The Morgan fingerprint density at radius 3 is 2.67 bits per heavy atom. The fourth-order valence-corrected chi connectivity index (χ4v) is 0.810. The van der Waals surface area contributed by atoms with Gasteiger partial charge in [0, 0.05) is 12.3 Å². The number of rotatable bonds is 2. The highest BCUT2D eigenvalue weighted by Crippen LogP contribution is 2.25. The Hall–Kier alpha value is -2.10. The predicted molar refractivity (Wildman–Crippen MR) is 41.0 cm³/mol. The van der Waals surface area contributed by atoms with Crippen molar-refractivity contribution in [3.05, 3.63) is 23.5 Å². The number of carbonyl (C=O) groups is 1. The molecule has 0 aromatic carbocycles. The first-order chi connectivity index (χ1) is 6.96. The van der Waals surface area contributed by atoms with Crippen molar-refractivity contribution < 1.29 is 22.7 Å². The molecule has 15 heavy (non-hydrogen) atoms. The van der Waals surface area contributed by atoms with Crippen molar-refractivity contribution in [2.24, 2.45) is 0 Å². The molecule has 1 heterocycles. The van der Waals surface area contributed by atoms with Crippen LogP contribution in [0.15, 0.2) is 12.3 Å². The van der Waals surface area contributed by atoms with Gasteiger partial charge >= 0.3 is 6.36 Å². The number of aldehydes is 1. The maximum atomic E-state index is 11.9. The first-order valence-corrected chi connectivity index (χ1v) is 3.57. The SMILES string of the molecule is N#Cc1cnc(C=O)cc1OC(F)(F)F. The van der Waals surface area contributed by atoms with Gasteiger partial charge in [0.1, 0.15) is 17.3 Å². The van der Waals surface area contributed by atoms with Crippen LogP contribution in [-0.2, 0) is 0 Å². The number of pyridine rings is 1. The minimum atomic E-state index is -4.91. The lowest BCUT2D eigenvalue weighted by Crippen LogP contribution is -2.18. The Morgan fingerprint density at radius 1 is 1.53 bits per heavy atom. The summed E-state index contributed by atoms with van der Waals surface area (Å²) in [4.78, 5) is 13.7. The summed E-state index contributed by atoms with van der Waals surface area (Å²) in [6, 6.07) is 2.22. The Bertz CT molecular complexity index is 423. The van der Waals surface area contributed by atoms with E-state index in [1.54, 1.807) is 0 Å². The minimum absolute atomic E-state index is 0.242. The number of aromatic nitrogens is 1. The van der Waals surface area contributed by atoms with E-state index in [0.29, 0.717) is 0 Å². The van der Waals surface area contributed by atoms with Crippen LogP contribution < -0.4 is 4.74 Å². The molecule has 0 saturated heterocycles. The van der Waals surface area contributed by atoms with Gasteiger partial charge in [-0.3, -0.25) is 9.78 Å². The maximum Gasteiger partial charge on any atom is 0.573 e. The summed E-state index contributed by atoms with van der Waals surface area (Å²) >= 11 is 0. The number of nitriles is 1. The first kappa shape index (κ1) is 11.0. The average Bonchev–Trinajstić information content (AvgIpc) is 2.15. The Kier molecular flexibility index (Phi) is 2.90. The molecule has 0 spiro atoms. The molecule has 0 saturated carbocycles. The standard InChI is InChI=1S/C8H3F3N2O2/c9-8(10,11)15-7-1-6(4-14)13-3-5(7)2-12/h1,3-4H. The van der Waals surface area contributed by atoms with Crippen molar-refractivity contribution in [1.29, 1.82) is 5.26 Å². The van der Waals surface area contributed by atoms with E-state index >= 15 is 0 Å². The topological polar surface area (TPSA) is 63.0 Å². The number of nitrogens with zero attached hydrogens (tertiary/aromatic N) is 2. The van der Waals surface area contributed by atoms with Gasteiger partial charge in [0.15, 0.2) is 12.0 Å². The molecule has 0 aliphatic heterocycles. The zero-order valence-electron chi connectivity index (χ0n) is 7.08. The first-order valence-electron chi connectivity index (χ1n) is 3.57. The van der Waals surface area contributed by atoms with E-state index in [1.807, 2.05) is 0 Å². The number of hydrogen-bond acceptors (Lipinski definition) is 4. The summed E-state index contributed by atoms with van der Waals surface area (Å²) in [6.45, 7) is 0. The second-order valence-electron chi connectivity index (χ2n) is 2.38. The third-order valence-electron chi connectivity index (χ3n) is 1.35. The van der Waals surface area contributed by atoms with Crippen LogP contribution in [0.2, 0.25) is 0 Å². The summed E-state index contributed by atoms with van der Waals surface area (Å²) in [5.74, 6) is -0.734. The van der Waals surface area contributed by atoms with Crippen LogP contribution in [0, 0.1) is 11.3 Å². The van der Waals surface area contributed by atoms with Crippen LogP contribution in [0.1, 0.15) is 16.1 Å². The van der Waals surface area contributed by atoms with Crippen molar-refractivity contribution in [1.82, 2.24) is 4.98 Å². The molecule has 0 fully saturated rings. The monoisotopic (exact) mass is 216 g/mol. The van der Waals surface area contributed by atoms with E-state index in [9.17, 15) is 18.0 Å². The van der Waals surface area contributed by atoms with Crippen molar-refractivity contribution in [3.63, 3.8) is 0 Å². The van der Waals surface area contributed by atoms with Crippen LogP contribution >= 0.6 is 0 Å². The fourth-order valence-electron chi connectivity index (χ4n) is 0.810. The van der Waals surface area contributed by atoms with Crippen molar-refractivity contribution in [2.75, 3.05) is 0 Å². The zero-order chi connectivity index (χ0) is 11.5. The van der Waals surface area contributed by atoms with E-state index in [0.717, 1.165) is 12.3 Å². The number of carbonyl (C=O) groups excluding carboxylic acids is 1. The summed E-state index contributed by atoms with van der Waals surface area (Å²) in [6.07, 6.45) is -3.82. The molecule has 4 nitrogen and oxygen atoms in total. The third-order valence-corrected chi connectivity index (χ3v) is 1.35. The second kappa shape index (κ2) is 3.96. The molecule has 1 rings (SSSR count). The fraction of sp³-hybridized carbons (Fsp3) is 0.125. The Morgan fingerprint density at radius 2 is 2.20 bits per heavy atom. The van der Waals surface area contributed by atoms with Crippen LogP contribution in [0.5, 0.6) is 5.75 Å². The molecule has 0 amide bonds. The smallest absolute Gasteiger partial charge is 0.404 e. The van der Waals surface area contributed by atoms with Crippen molar-refractivity contribution in [2.45, 2.75) is 6.36 Å². The van der Waals surface area contributed by atoms with E-state index in [4.69, 9.17) is 5.26 Å². The van der Waals surface area contributed by atoms with Crippen LogP contribution in [0.3, 0.4) is 0 Å². The molecule has 7 heteroatoms. The highest BCUT2D eigenvalue weighted by atomic mass is 19.4. The van der Waals surface area contributed by atoms with Crippen LogP contribution in [0.4, 0.5) is 13.2 Å². The number of hydrogen-bond donors (Lipinski definition) is 0. The number of ether oxygens (including phenoxy) is 1. The van der Waals surface area contributed by atoms with E-state index < -0.39 is 17.7 Å². The molecular weight excluding hydrogens is 213 g/mol. The normalized spacial score (nSPS) is 10.5. The van der Waals surface area contributed by atoms with Gasteiger partial charge in [0.2, 0.25) is 0 Å². The molecule has 78 valence electrons. The van der Waals surface area contributed by atoms with Gasteiger partial charge in [0.05, 0.1) is 0 Å². The van der Waals surface area contributed by atoms with Gasteiger partial charge < -0.3 is 4.74 Å². The van der Waals surface area contributed by atoms with E-state index in [-0.39, 0.29) is 12.0 Å².